The van der Waals surface area contributed by atoms with E-state index in [4.69, 9.17) is 9.72 Å². The highest BCUT2D eigenvalue weighted by atomic mass is 32.1. The van der Waals surface area contributed by atoms with Gasteiger partial charge in [0.25, 0.3) is 5.92 Å². The maximum atomic E-state index is 14.3. The van der Waals surface area contributed by atoms with E-state index in [1.165, 1.54) is 6.07 Å². The largest absolute Gasteiger partial charge is 0.497 e. The lowest BCUT2D eigenvalue weighted by molar-refractivity contribution is 0.0165. The first-order valence-electron chi connectivity index (χ1n) is 10.8. The quantitative estimate of drug-likeness (QED) is 0.262. The van der Waals surface area contributed by atoms with Crippen molar-refractivity contribution in [3.8, 4) is 16.9 Å². The van der Waals surface area contributed by atoms with Crippen LogP contribution in [0.5, 0.6) is 5.75 Å². The van der Waals surface area contributed by atoms with Gasteiger partial charge < -0.3 is 14.6 Å². The second-order valence-electron chi connectivity index (χ2n) is 8.14. The third-order valence-electron chi connectivity index (χ3n) is 5.77. The Morgan fingerprint density at radius 3 is 2.50 bits per heavy atom. The molecule has 2 heterocycles. The van der Waals surface area contributed by atoms with Gasteiger partial charge in [0.1, 0.15) is 5.75 Å². The Bertz CT molecular complexity index is 1420. The number of halogens is 2. The van der Waals surface area contributed by atoms with Crippen LogP contribution >= 0.6 is 11.3 Å². The van der Waals surface area contributed by atoms with Crippen LogP contribution in [0.3, 0.4) is 0 Å². The average molecular weight is 476 g/mol. The zero-order valence-corrected chi connectivity index (χ0v) is 19.6. The van der Waals surface area contributed by atoms with Gasteiger partial charge >= 0.3 is 0 Å². The van der Waals surface area contributed by atoms with Crippen LogP contribution in [0, 0.1) is 0 Å². The number of thiophene rings is 1. The van der Waals surface area contributed by atoms with E-state index in [1.807, 2.05) is 52.4 Å². The highest BCUT2D eigenvalue weighted by Gasteiger charge is 2.27. The summed E-state index contributed by atoms with van der Waals surface area (Å²) in [6.07, 6.45) is 0. The molecule has 0 aliphatic heterocycles. The van der Waals surface area contributed by atoms with Crippen LogP contribution in [0.2, 0.25) is 0 Å². The van der Waals surface area contributed by atoms with Gasteiger partial charge in [-0.25, -0.2) is 13.8 Å². The first-order valence-corrected chi connectivity index (χ1v) is 11.8. The summed E-state index contributed by atoms with van der Waals surface area (Å²) in [4.78, 5) is 4.85. The first-order chi connectivity index (χ1) is 16.4. The Kier molecular flexibility index (Phi) is 5.79. The predicted molar refractivity (Wildman–Crippen MR) is 134 cm³/mol. The predicted octanol–water partition coefficient (Wildman–Crippen LogP) is 7.68. The Hall–Kier alpha value is -3.71. The standard InChI is InChI=1S/C27H23F2N3OS/c1-27(28,29)23-6-4-3-5-19(23)16-32-25-12-7-18(20-13-14-34-17-20)15-24(25)31-26(32)30-21-8-10-22(33-2)11-9-21/h3-15,17H,16H2,1-2H3,(H,30,31). The molecule has 0 bridgehead atoms. The molecule has 3 aromatic carbocycles. The Labute approximate surface area is 200 Å². The van der Waals surface area contributed by atoms with Crippen molar-refractivity contribution >= 4 is 34.0 Å². The summed E-state index contributed by atoms with van der Waals surface area (Å²) in [6.45, 7) is 1.19. The Morgan fingerprint density at radius 2 is 1.79 bits per heavy atom. The van der Waals surface area contributed by atoms with Crippen molar-refractivity contribution in [3.63, 3.8) is 0 Å². The third-order valence-corrected chi connectivity index (χ3v) is 6.45. The normalized spacial score (nSPS) is 11.6. The maximum absolute atomic E-state index is 14.3. The number of nitrogens with zero attached hydrogens (tertiary/aromatic N) is 2. The van der Waals surface area contributed by atoms with E-state index in [0.717, 1.165) is 40.5 Å². The number of benzene rings is 3. The van der Waals surface area contributed by atoms with Crippen molar-refractivity contribution < 1.29 is 13.5 Å². The fourth-order valence-corrected chi connectivity index (χ4v) is 4.72. The fourth-order valence-electron chi connectivity index (χ4n) is 4.05. The van der Waals surface area contributed by atoms with Gasteiger partial charge in [0.15, 0.2) is 0 Å². The first kappa shape index (κ1) is 22.1. The van der Waals surface area contributed by atoms with Gasteiger partial charge in [0, 0.05) is 18.2 Å². The van der Waals surface area contributed by atoms with Gasteiger partial charge in [-0.1, -0.05) is 30.3 Å². The van der Waals surface area contributed by atoms with Gasteiger partial charge in [0.05, 0.1) is 24.7 Å². The van der Waals surface area contributed by atoms with Crippen LogP contribution in [0.15, 0.2) is 83.6 Å². The highest BCUT2D eigenvalue weighted by molar-refractivity contribution is 7.08. The van der Waals surface area contributed by atoms with Crippen LogP contribution in [-0.2, 0) is 12.5 Å². The fraction of sp³-hybridized carbons (Fsp3) is 0.148. The third kappa shape index (κ3) is 4.39. The zero-order valence-electron chi connectivity index (χ0n) is 18.8. The van der Waals surface area contributed by atoms with E-state index < -0.39 is 5.92 Å². The molecule has 172 valence electrons. The van der Waals surface area contributed by atoms with E-state index in [2.05, 4.69) is 16.8 Å². The molecule has 0 spiro atoms. The summed E-state index contributed by atoms with van der Waals surface area (Å²) in [5.41, 5.74) is 5.24. The molecule has 34 heavy (non-hydrogen) atoms. The number of hydrogen-bond donors (Lipinski definition) is 1. The minimum absolute atomic E-state index is 0.0159. The van der Waals surface area contributed by atoms with E-state index >= 15 is 0 Å². The lowest BCUT2D eigenvalue weighted by atomic mass is 10.0. The second kappa shape index (κ2) is 8.91. The summed E-state index contributed by atoms with van der Waals surface area (Å²) >= 11 is 1.64. The minimum atomic E-state index is -2.94. The summed E-state index contributed by atoms with van der Waals surface area (Å²) in [5.74, 6) is -1.61. The molecule has 0 aliphatic rings. The maximum Gasteiger partial charge on any atom is 0.270 e. The molecule has 0 amide bonds. The lowest BCUT2D eigenvalue weighted by Gasteiger charge is -2.18. The number of hydrogen-bond acceptors (Lipinski definition) is 4. The van der Waals surface area contributed by atoms with E-state index in [0.29, 0.717) is 11.5 Å². The number of imidazole rings is 1. The molecule has 0 saturated carbocycles. The molecule has 4 nitrogen and oxygen atoms in total. The van der Waals surface area contributed by atoms with Crippen molar-refractivity contribution in [2.24, 2.45) is 0 Å². The minimum Gasteiger partial charge on any atom is -0.497 e. The van der Waals surface area contributed by atoms with Crippen molar-refractivity contribution in [3.05, 3.63) is 94.7 Å². The van der Waals surface area contributed by atoms with E-state index in [9.17, 15) is 8.78 Å². The summed E-state index contributed by atoms with van der Waals surface area (Å²) in [7, 11) is 1.62. The van der Waals surface area contributed by atoms with Crippen molar-refractivity contribution in [2.45, 2.75) is 19.4 Å². The highest BCUT2D eigenvalue weighted by Crippen LogP contribution is 2.33. The monoisotopic (exact) mass is 475 g/mol. The van der Waals surface area contributed by atoms with Crippen LogP contribution in [-0.4, -0.2) is 16.7 Å². The van der Waals surface area contributed by atoms with Gasteiger partial charge in [-0.05, 0) is 69.9 Å². The summed E-state index contributed by atoms with van der Waals surface area (Å²) in [6, 6.07) is 22.3. The van der Waals surface area contributed by atoms with Gasteiger partial charge in [-0.15, -0.1) is 0 Å². The zero-order chi connectivity index (χ0) is 23.7. The molecule has 7 heteroatoms. The lowest BCUT2D eigenvalue weighted by Crippen LogP contribution is -2.13. The molecule has 0 atom stereocenters. The molecule has 0 fully saturated rings. The number of nitrogens with one attached hydrogen (secondary N) is 1. The summed E-state index contributed by atoms with van der Waals surface area (Å²) < 4.78 is 35.9. The van der Waals surface area contributed by atoms with Crippen molar-refractivity contribution in [1.29, 1.82) is 0 Å². The van der Waals surface area contributed by atoms with Gasteiger partial charge in [0.2, 0.25) is 5.95 Å². The molecule has 2 aromatic heterocycles. The number of alkyl halides is 2. The second-order valence-corrected chi connectivity index (χ2v) is 8.92. The van der Waals surface area contributed by atoms with Crippen LogP contribution < -0.4 is 10.1 Å². The average Bonchev–Trinajstić information content (AvgIpc) is 3.48. The molecule has 1 N–H and O–H groups in total. The molecule has 5 rings (SSSR count). The van der Waals surface area contributed by atoms with Crippen LogP contribution in [0.25, 0.3) is 22.2 Å². The van der Waals surface area contributed by atoms with Gasteiger partial charge in [-0.2, -0.15) is 11.3 Å². The van der Waals surface area contributed by atoms with Gasteiger partial charge in [-0.3, -0.25) is 0 Å². The number of methoxy groups -OCH3 is 1. The molecule has 0 saturated heterocycles. The molecular weight excluding hydrogens is 452 g/mol. The molecule has 0 aliphatic carbocycles. The number of fused-ring (bicyclic) bond motifs is 1. The molecular formula is C27H23F2N3OS. The summed E-state index contributed by atoms with van der Waals surface area (Å²) in [5, 5.41) is 7.49. The number of rotatable bonds is 7. The molecule has 0 unspecified atom stereocenters. The van der Waals surface area contributed by atoms with Crippen LogP contribution in [0.1, 0.15) is 18.1 Å². The Balaban J connectivity index is 1.61. The number of aromatic nitrogens is 2. The number of anilines is 2. The van der Waals surface area contributed by atoms with Crippen molar-refractivity contribution in [1.82, 2.24) is 9.55 Å². The molecule has 5 aromatic rings. The Morgan fingerprint density at radius 1 is 1.00 bits per heavy atom. The topological polar surface area (TPSA) is 39.1 Å². The van der Waals surface area contributed by atoms with E-state index in [-0.39, 0.29) is 12.1 Å². The number of ether oxygens (including phenoxy) is 1. The smallest absolute Gasteiger partial charge is 0.270 e. The van der Waals surface area contributed by atoms with E-state index in [1.54, 1.807) is 36.6 Å². The van der Waals surface area contributed by atoms with Crippen LogP contribution in [0.4, 0.5) is 20.4 Å². The molecule has 0 radical (unpaired) electrons. The SMILES string of the molecule is COc1ccc(Nc2nc3cc(-c4ccsc4)ccc3n2Cc2ccccc2C(C)(F)F)cc1. The van der Waals surface area contributed by atoms with Crippen molar-refractivity contribution in [2.75, 3.05) is 12.4 Å².